The van der Waals surface area contributed by atoms with Crippen molar-refractivity contribution in [2.45, 2.75) is 124 Å². The van der Waals surface area contributed by atoms with Crippen molar-refractivity contribution in [2.75, 3.05) is 26.4 Å². The minimum atomic E-state index is -2.47. The second kappa shape index (κ2) is 18.3. The van der Waals surface area contributed by atoms with Gasteiger partial charge in [-0.15, -0.1) is 0 Å². The highest BCUT2D eigenvalue weighted by Gasteiger charge is 2.64. The van der Waals surface area contributed by atoms with Crippen molar-refractivity contribution in [2.24, 2.45) is 5.41 Å². The average molecular weight is 735 g/mol. The summed E-state index contributed by atoms with van der Waals surface area (Å²) in [5.74, 6) is -8.90. The van der Waals surface area contributed by atoms with Gasteiger partial charge in [0.05, 0.1) is 0 Å². The molecule has 0 aromatic carbocycles. The summed E-state index contributed by atoms with van der Waals surface area (Å²) in [6.07, 6.45) is -12.9. The predicted molar refractivity (Wildman–Crippen MR) is 164 cm³/mol. The van der Waals surface area contributed by atoms with Gasteiger partial charge in [0.2, 0.25) is 5.79 Å². The Balaban J connectivity index is 2.84. The molecule has 0 radical (unpaired) electrons. The summed E-state index contributed by atoms with van der Waals surface area (Å²) >= 11 is 0. The van der Waals surface area contributed by atoms with Gasteiger partial charge >= 0.3 is 41.8 Å². The second-order valence-corrected chi connectivity index (χ2v) is 12.7. The fourth-order valence-electron chi connectivity index (χ4n) is 5.00. The number of hydrogen-bond donors (Lipinski definition) is 0. The molecule has 0 unspecified atom stereocenters. The van der Waals surface area contributed by atoms with Crippen LogP contribution in [0.1, 0.15) is 69.2 Å². The zero-order valence-electron chi connectivity index (χ0n) is 30.2. The number of hydrogen-bond acceptors (Lipinski definition) is 19. The van der Waals surface area contributed by atoms with Gasteiger partial charge in [0, 0.05) is 53.9 Å². The van der Waals surface area contributed by atoms with Crippen LogP contribution in [0.3, 0.4) is 0 Å². The SMILES string of the molecule is CC(=O)OC[C@H]1O[C@@](COC(C)=O)(O[C@H]2O[C@H](COC(C)=O)[C@@H](OC(C)=O)[C@H](OC(C)=O)[C@H]2OCC(=O)C(C)(C)C)[C@@H](OC(C)=O)[C@@H]1OC(C)=O. The molecule has 0 aliphatic carbocycles. The molecule has 0 saturated carbocycles. The van der Waals surface area contributed by atoms with Gasteiger partial charge in [-0.3, -0.25) is 38.4 Å². The van der Waals surface area contributed by atoms with Gasteiger partial charge in [0.25, 0.3) is 0 Å². The first kappa shape index (κ1) is 43.0. The van der Waals surface area contributed by atoms with E-state index in [0.29, 0.717) is 0 Å². The number of ether oxygens (including phenoxy) is 11. The van der Waals surface area contributed by atoms with Crippen molar-refractivity contribution in [1.82, 2.24) is 0 Å². The predicted octanol–water partition coefficient (Wildman–Crippen LogP) is 0.240. The van der Waals surface area contributed by atoms with Crippen LogP contribution < -0.4 is 0 Å². The first-order valence-corrected chi connectivity index (χ1v) is 15.8. The Kier molecular flexibility index (Phi) is 15.4. The summed E-state index contributed by atoms with van der Waals surface area (Å²) in [5.41, 5.74) is -0.928. The van der Waals surface area contributed by atoms with E-state index in [1.807, 2.05) is 0 Å². The molecule has 19 heteroatoms. The van der Waals surface area contributed by atoms with E-state index in [4.69, 9.17) is 52.1 Å². The molecule has 19 nitrogen and oxygen atoms in total. The molecular formula is C32H46O19. The van der Waals surface area contributed by atoms with Crippen LogP contribution in [-0.4, -0.2) is 129 Å². The third-order valence-electron chi connectivity index (χ3n) is 7.18. The molecule has 2 rings (SSSR count). The third-order valence-corrected chi connectivity index (χ3v) is 7.18. The molecular weight excluding hydrogens is 688 g/mol. The first-order chi connectivity index (χ1) is 23.6. The molecule has 0 aromatic heterocycles. The fraction of sp³-hybridized carbons (Fsp3) is 0.750. The van der Waals surface area contributed by atoms with Gasteiger partial charge in [-0.25, -0.2) is 0 Å². The van der Waals surface area contributed by atoms with Crippen LogP contribution in [0.5, 0.6) is 0 Å². The van der Waals surface area contributed by atoms with Gasteiger partial charge in [0.15, 0.2) is 36.5 Å². The molecule has 0 aromatic rings. The average Bonchev–Trinajstić information content (AvgIpc) is 3.24. The zero-order chi connectivity index (χ0) is 38.8. The van der Waals surface area contributed by atoms with Crippen LogP contribution in [-0.2, 0) is 90.5 Å². The minimum absolute atomic E-state index is 0.435. The molecule has 9 atom stereocenters. The maximum Gasteiger partial charge on any atom is 0.303 e. The van der Waals surface area contributed by atoms with E-state index in [0.717, 1.165) is 48.5 Å². The highest BCUT2D eigenvalue weighted by atomic mass is 16.8. The van der Waals surface area contributed by atoms with Crippen molar-refractivity contribution in [1.29, 1.82) is 0 Å². The number of rotatable bonds is 15. The summed E-state index contributed by atoms with van der Waals surface area (Å²) < 4.78 is 62.0. The van der Waals surface area contributed by atoms with Crippen molar-refractivity contribution >= 4 is 47.6 Å². The highest BCUT2D eigenvalue weighted by molar-refractivity contribution is 5.84. The normalized spacial score (nSPS) is 28.8. The number of ketones is 1. The molecule has 2 heterocycles. The van der Waals surface area contributed by atoms with E-state index in [1.54, 1.807) is 20.8 Å². The Hall–Kier alpha value is -4.20. The van der Waals surface area contributed by atoms with Crippen LogP contribution in [0.25, 0.3) is 0 Å². The lowest BCUT2D eigenvalue weighted by atomic mass is 9.91. The molecule has 2 aliphatic heterocycles. The quantitative estimate of drug-likeness (QED) is 0.162. The van der Waals surface area contributed by atoms with Crippen LogP contribution in [0.15, 0.2) is 0 Å². The number of carbonyl (C=O) groups excluding carboxylic acids is 8. The molecule has 0 N–H and O–H groups in total. The molecule has 0 bridgehead atoms. The van der Waals surface area contributed by atoms with Crippen molar-refractivity contribution in [3.05, 3.63) is 0 Å². The molecule has 51 heavy (non-hydrogen) atoms. The molecule has 2 fully saturated rings. The van der Waals surface area contributed by atoms with E-state index in [1.165, 1.54) is 0 Å². The van der Waals surface area contributed by atoms with E-state index >= 15 is 0 Å². The zero-order valence-corrected chi connectivity index (χ0v) is 30.2. The number of Topliss-reactive ketones (excluding diaryl/α,β-unsaturated/α-hetero) is 1. The minimum Gasteiger partial charge on any atom is -0.463 e. The van der Waals surface area contributed by atoms with Gasteiger partial charge in [0.1, 0.15) is 44.7 Å². The summed E-state index contributed by atoms with van der Waals surface area (Å²) in [6.45, 7) is 9.52. The monoisotopic (exact) mass is 734 g/mol. The number of carbonyl (C=O) groups is 8. The maximum atomic E-state index is 13.0. The summed E-state index contributed by atoms with van der Waals surface area (Å²) in [4.78, 5) is 98.2. The second-order valence-electron chi connectivity index (χ2n) is 12.7. The Labute approximate surface area is 294 Å². The van der Waals surface area contributed by atoms with Crippen molar-refractivity contribution < 1.29 is 90.5 Å². The van der Waals surface area contributed by atoms with Gasteiger partial charge in [-0.05, 0) is 0 Å². The highest BCUT2D eigenvalue weighted by Crippen LogP contribution is 2.41. The lowest BCUT2D eigenvalue weighted by Crippen LogP contribution is -2.65. The Morgan fingerprint density at radius 1 is 0.569 bits per heavy atom. The van der Waals surface area contributed by atoms with Gasteiger partial charge in [-0.1, -0.05) is 20.8 Å². The van der Waals surface area contributed by atoms with E-state index < -0.39 is 134 Å². The lowest BCUT2D eigenvalue weighted by molar-refractivity contribution is -0.387. The van der Waals surface area contributed by atoms with Crippen LogP contribution in [0, 0.1) is 5.41 Å². The van der Waals surface area contributed by atoms with Crippen LogP contribution >= 0.6 is 0 Å². The fourth-order valence-corrected chi connectivity index (χ4v) is 5.00. The van der Waals surface area contributed by atoms with Gasteiger partial charge < -0.3 is 52.1 Å². The Morgan fingerprint density at radius 2 is 1.04 bits per heavy atom. The summed E-state index contributed by atoms with van der Waals surface area (Å²) in [6, 6.07) is 0. The molecule has 0 amide bonds. The van der Waals surface area contributed by atoms with Crippen LogP contribution in [0.4, 0.5) is 0 Å². The van der Waals surface area contributed by atoms with Gasteiger partial charge in [-0.2, -0.15) is 0 Å². The van der Waals surface area contributed by atoms with Crippen LogP contribution in [0.2, 0.25) is 0 Å². The maximum absolute atomic E-state index is 13.0. The smallest absolute Gasteiger partial charge is 0.303 e. The summed E-state index contributed by atoms with van der Waals surface area (Å²) in [5, 5.41) is 0. The van der Waals surface area contributed by atoms with Crippen molar-refractivity contribution in [3.8, 4) is 0 Å². The standard InChI is InChI=1S/C32H46O19/c1-15(33)41-11-22-25(45-18(4)36)27(47-20(6)38)28(43-13-24(40)31(8,9)10)30(49-22)51-32(14-44-17(3)35)29(48-21(7)39)26(46-19(5)37)23(50-32)12-42-16(2)34/h22-23,25-30H,11-14H2,1-10H3/t22-,23-,25-,26-,27+,28-,29+,30-,32+/m1/s1. The molecule has 2 saturated heterocycles. The molecule has 0 spiro atoms. The number of esters is 7. The lowest BCUT2D eigenvalue weighted by Gasteiger charge is -2.47. The Bertz CT molecular complexity index is 1320. The van der Waals surface area contributed by atoms with Crippen molar-refractivity contribution in [3.63, 3.8) is 0 Å². The topological polar surface area (TPSA) is 238 Å². The molecule has 2 aliphatic rings. The van der Waals surface area contributed by atoms with E-state index in [9.17, 15) is 38.4 Å². The first-order valence-electron chi connectivity index (χ1n) is 15.8. The third kappa shape index (κ3) is 12.8. The van der Waals surface area contributed by atoms with E-state index in [2.05, 4.69) is 0 Å². The Morgan fingerprint density at radius 3 is 1.51 bits per heavy atom. The molecule has 288 valence electrons. The van der Waals surface area contributed by atoms with E-state index in [-0.39, 0.29) is 0 Å². The summed E-state index contributed by atoms with van der Waals surface area (Å²) in [7, 11) is 0. The largest absolute Gasteiger partial charge is 0.463 e.